The molecule has 0 aliphatic carbocycles. The van der Waals surface area contributed by atoms with Crippen LogP contribution in [0.2, 0.25) is 0 Å². The first-order valence-corrected chi connectivity index (χ1v) is 11.3. The Labute approximate surface area is 198 Å². The molecule has 0 atom stereocenters. The van der Waals surface area contributed by atoms with Crippen LogP contribution in [0.3, 0.4) is 0 Å². The number of anilines is 1. The van der Waals surface area contributed by atoms with E-state index in [-0.39, 0.29) is 5.91 Å². The van der Waals surface area contributed by atoms with Crippen molar-refractivity contribution in [2.24, 2.45) is 0 Å². The summed E-state index contributed by atoms with van der Waals surface area (Å²) < 4.78 is 0. The van der Waals surface area contributed by atoms with E-state index < -0.39 is 0 Å². The van der Waals surface area contributed by atoms with Crippen molar-refractivity contribution in [2.75, 3.05) is 5.32 Å². The number of benzene rings is 2. The third-order valence-corrected chi connectivity index (χ3v) is 5.46. The van der Waals surface area contributed by atoms with Crippen molar-refractivity contribution < 1.29 is 4.79 Å². The molecule has 2 aromatic carbocycles. The summed E-state index contributed by atoms with van der Waals surface area (Å²) in [4.78, 5) is 21.8. The molecule has 4 rings (SSSR count). The molecular formula is C26H25N5OS. The first kappa shape index (κ1) is 22.4. The number of carbonyl (C=O) groups excluding carboxylic acids is 1. The average molecular weight is 456 g/mol. The second-order valence-corrected chi connectivity index (χ2v) is 8.05. The Morgan fingerprint density at radius 3 is 2.48 bits per heavy atom. The predicted octanol–water partition coefficient (Wildman–Crippen LogP) is 5.27. The molecule has 0 aliphatic rings. The maximum atomic E-state index is 13.0. The summed E-state index contributed by atoms with van der Waals surface area (Å²) in [5, 5.41) is 4.16. The molecule has 0 aliphatic heterocycles. The maximum Gasteiger partial charge on any atom is 0.270 e. The van der Waals surface area contributed by atoms with Crippen molar-refractivity contribution >= 4 is 39.8 Å². The quantitative estimate of drug-likeness (QED) is 0.272. The minimum atomic E-state index is -0.303. The van der Waals surface area contributed by atoms with Crippen molar-refractivity contribution in [3.05, 3.63) is 90.3 Å². The number of hydrogen-bond acceptors (Lipinski definition) is 4. The van der Waals surface area contributed by atoms with E-state index in [1.807, 2.05) is 48.5 Å². The summed E-state index contributed by atoms with van der Waals surface area (Å²) in [5.74, 6) is -0.303. The van der Waals surface area contributed by atoms with E-state index in [2.05, 4.69) is 40.2 Å². The number of carbonyl (C=O) groups is 1. The van der Waals surface area contributed by atoms with Crippen LogP contribution >= 0.6 is 12.2 Å². The fourth-order valence-electron chi connectivity index (χ4n) is 3.51. The smallest absolute Gasteiger partial charge is 0.270 e. The topological polar surface area (TPSA) is 78.9 Å². The van der Waals surface area contributed by atoms with Crippen LogP contribution in [0.4, 0.5) is 5.69 Å². The maximum absolute atomic E-state index is 13.0. The second kappa shape index (κ2) is 10.7. The van der Waals surface area contributed by atoms with Crippen LogP contribution in [0.1, 0.15) is 35.7 Å². The van der Waals surface area contributed by atoms with E-state index in [0.29, 0.717) is 16.4 Å². The molecule has 0 fully saturated rings. The van der Waals surface area contributed by atoms with Crippen molar-refractivity contribution in [2.45, 2.75) is 26.2 Å². The summed E-state index contributed by atoms with van der Waals surface area (Å²) in [6.07, 6.45) is 6.81. The van der Waals surface area contributed by atoms with Crippen LogP contribution in [0.25, 0.3) is 22.2 Å². The van der Waals surface area contributed by atoms with Crippen molar-refractivity contribution in [1.29, 1.82) is 0 Å². The highest BCUT2D eigenvalue weighted by molar-refractivity contribution is 7.80. The van der Waals surface area contributed by atoms with Crippen LogP contribution in [-0.4, -0.2) is 21.0 Å². The molecule has 6 nitrogen and oxygen atoms in total. The van der Waals surface area contributed by atoms with Crippen LogP contribution in [0.5, 0.6) is 0 Å². The number of nitrogens with zero attached hydrogens (tertiary/aromatic N) is 2. The van der Waals surface area contributed by atoms with E-state index >= 15 is 0 Å². The van der Waals surface area contributed by atoms with Gasteiger partial charge in [-0.3, -0.25) is 20.6 Å². The lowest BCUT2D eigenvalue weighted by Crippen LogP contribution is -2.43. The van der Waals surface area contributed by atoms with Gasteiger partial charge in [0.05, 0.1) is 16.8 Å². The van der Waals surface area contributed by atoms with Gasteiger partial charge in [-0.15, -0.1) is 0 Å². The van der Waals surface area contributed by atoms with Gasteiger partial charge in [-0.05, 0) is 67.0 Å². The van der Waals surface area contributed by atoms with Crippen LogP contribution in [0, 0.1) is 0 Å². The lowest BCUT2D eigenvalue weighted by atomic mass is 10.0. The molecule has 2 aromatic heterocycles. The van der Waals surface area contributed by atoms with Gasteiger partial charge in [-0.25, -0.2) is 4.98 Å². The standard InChI is InChI=1S/C26H25N5OS/c1-2-3-6-18-9-11-20(12-10-18)28-26(33)31-30-25(32)22-17-24(19-13-15-27-16-14-19)29-23-8-5-4-7-21(22)23/h4-5,7-17H,2-3,6H2,1H3,(H,30,32)(H2,28,31,33). The van der Waals surface area contributed by atoms with Gasteiger partial charge in [-0.2, -0.15) is 0 Å². The third kappa shape index (κ3) is 5.70. The number of amides is 1. The Morgan fingerprint density at radius 2 is 1.73 bits per heavy atom. The largest absolute Gasteiger partial charge is 0.331 e. The second-order valence-electron chi connectivity index (χ2n) is 7.64. The molecule has 7 heteroatoms. The summed E-state index contributed by atoms with van der Waals surface area (Å²) >= 11 is 5.35. The number of fused-ring (bicyclic) bond motifs is 1. The predicted molar refractivity (Wildman–Crippen MR) is 137 cm³/mol. The first-order chi connectivity index (χ1) is 16.1. The van der Waals surface area contributed by atoms with Crippen molar-refractivity contribution in [3.63, 3.8) is 0 Å². The Morgan fingerprint density at radius 1 is 0.970 bits per heavy atom. The normalized spacial score (nSPS) is 10.6. The van der Waals surface area contributed by atoms with Gasteiger partial charge in [0.15, 0.2) is 5.11 Å². The molecule has 0 unspecified atom stereocenters. The Balaban J connectivity index is 1.46. The molecular weight excluding hydrogens is 430 g/mol. The molecule has 0 saturated carbocycles. The fourth-order valence-corrected chi connectivity index (χ4v) is 3.68. The van der Waals surface area contributed by atoms with Gasteiger partial charge in [0, 0.05) is 29.0 Å². The molecule has 0 spiro atoms. The minimum Gasteiger partial charge on any atom is -0.331 e. The summed E-state index contributed by atoms with van der Waals surface area (Å²) in [6.45, 7) is 2.18. The number of nitrogens with one attached hydrogen (secondary N) is 3. The van der Waals surface area contributed by atoms with Crippen molar-refractivity contribution in [3.8, 4) is 11.3 Å². The number of aryl methyl sites for hydroxylation is 1. The van der Waals surface area contributed by atoms with Crippen LogP contribution in [0.15, 0.2) is 79.1 Å². The Bertz CT molecular complexity index is 1260. The Hall–Kier alpha value is -3.84. The molecule has 0 radical (unpaired) electrons. The number of thiocarbonyl (C=S) groups is 1. The number of unbranched alkanes of at least 4 members (excludes halogenated alkanes) is 1. The summed E-state index contributed by atoms with van der Waals surface area (Å²) in [5.41, 5.74) is 10.5. The zero-order chi connectivity index (χ0) is 23.0. The van der Waals surface area contributed by atoms with E-state index in [0.717, 1.165) is 28.6 Å². The SMILES string of the molecule is CCCCc1ccc(NC(=S)NNC(=O)c2cc(-c3ccncc3)nc3ccccc23)cc1. The lowest BCUT2D eigenvalue weighted by Gasteiger charge is -2.14. The van der Waals surface area contributed by atoms with Crippen molar-refractivity contribution in [1.82, 2.24) is 20.8 Å². The average Bonchev–Trinajstić information content (AvgIpc) is 2.86. The number of para-hydroxylation sites is 1. The fraction of sp³-hybridized carbons (Fsp3) is 0.154. The van der Waals surface area contributed by atoms with Gasteiger partial charge in [-0.1, -0.05) is 43.7 Å². The highest BCUT2D eigenvalue weighted by atomic mass is 32.1. The first-order valence-electron chi connectivity index (χ1n) is 10.9. The Kier molecular flexibility index (Phi) is 7.22. The number of aromatic nitrogens is 2. The van der Waals surface area contributed by atoms with Gasteiger partial charge in [0.1, 0.15) is 0 Å². The van der Waals surface area contributed by atoms with Gasteiger partial charge >= 0.3 is 0 Å². The number of hydrogen-bond donors (Lipinski definition) is 3. The van der Waals surface area contributed by atoms with Gasteiger partial charge in [0.25, 0.3) is 5.91 Å². The van der Waals surface area contributed by atoms with E-state index in [4.69, 9.17) is 17.2 Å². The van der Waals surface area contributed by atoms with Gasteiger partial charge in [0.2, 0.25) is 0 Å². The number of pyridine rings is 2. The molecule has 33 heavy (non-hydrogen) atoms. The van der Waals surface area contributed by atoms with Crippen LogP contribution < -0.4 is 16.2 Å². The molecule has 1 amide bonds. The van der Waals surface area contributed by atoms with E-state index in [9.17, 15) is 4.79 Å². The number of hydrazine groups is 1. The van der Waals surface area contributed by atoms with Gasteiger partial charge < -0.3 is 5.32 Å². The molecule has 166 valence electrons. The molecule has 2 heterocycles. The highest BCUT2D eigenvalue weighted by Crippen LogP contribution is 2.24. The zero-order valence-corrected chi connectivity index (χ0v) is 19.2. The summed E-state index contributed by atoms with van der Waals surface area (Å²) in [7, 11) is 0. The lowest BCUT2D eigenvalue weighted by molar-refractivity contribution is 0.0946. The van der Waals surface area contributed by atoms with E-state index in [1.54, 1.807) is 18.5 Å². The summed E-state index contributed by atoms with van der Waals surface area (Å²) in [6, 6.07) is 21.2. The molecule has 4 aromatic rings. The van der Waals surface area contributed by atoms with Crippen LogP contribution in [-0.2, 0) is 6.42 Å². The van der Waals surface area contributed by atoms with E-state index in [1.165, 1.54) is 18.4 Å². The molecule has 0 bridgehead atoms. The number of rotatable bonds is 6. The third-order valence-electron chi connectivity index (χ3n) is 5.26. The monoisotopic (exact) mass is 455 g/mol. The minimum absolute atomic E-state index is 0.303. The molecule has 0 saturated heterocycles. The highest BCUT2D eigenvalue weighted by Gasteiger charge is 2.14. The molecule has 3 N–H and O–H groups in total. The zero-order valence-electron chi connectivity index (χ0n) is 18.3.